The molecule has 1 saturated heterocycles. The standard InChI is InChI=1S/C25H33N9OS/c1-16(2)26-22(35)18-7-9-19(10-8-18)36-25-29-23(27-21-15-20(31-32-21)17-5-4-6-17)28-24(30-25)34-13-11-33(3)12-14-34/h7-10,15-17H,4-6,11-14H2,1-3H3,(H,26,35)(H2,27,28,29,30,31,32). The van der Waals surface area contributed by atoms with Crippen LogP contribution in [0.15, 0.2) is 40.4 Å². The number of anilines is 3. The summed E-state index contributed by atoms with van der Waals surface area (Å²) in [4.78, 5) is 31.9. The van der Waals surface area contributed by atoms with Crippen molar-refractivity contribution in [1.29, 1.82) is 0 Å². The normalized spacial score (nSPS) is 16.7. The maximum Gasteiger partial charge on any atom is 0.251 e. The summed E-state index contributed by atoms with van der Waals surface area (Å²) >= 11 is 1.45. The van der Waals surface area contributed by atoms with Crippen LogP contribution in [0.3, 0.4) is 0 Å². The van der Waals surface area contributed by atoms with Crippen LogP contribution < -0.4 is 15.5 Å². The van der Waals surface area contributed by atoms with Gasteiger partial charge in [-0.05, 0) is 69.8 Å². The number of benzene rings is 1. The number of rotatable bonds is 8. The summed E-state index contributed by atoms with van der Waals surface area (Å²) in [5.41, 5.74) is 1.79. The van der Waals surface area contributed by atoms with Gasteiger partial charge in [0.1, 0.15) is 0 Å². The van der Waals surface area contributed by atoms with Gasteiger partial charge in [-0.25, -0.2) is 0 Å². The van der Waals surface area contributed by atoms with Crippen molar-refractivity contribution >= 4 is 35.4 Å². The topological polar surface area (TPSA) is 115 Å². The molecule has 3 heterocycles. The quantitative estimate of drug-likeness (QED) is 0.420. The van der Waals surface area contributed by atoms with Crippen LogP contribution in [0.2, 0.25) is 0 Å². The van der Waals surface area contributed by atoms with E-state index in [1.807, 2.05) is 38.1 Å². The fraction of sp³-hybridized carbons (Fsp3) is 0.480. The van der Waals surface area contributed by atoms with Crippen LogP contribution in [0.25, 0.3) is 0 Å². The highest BCUT2D eigenvalue weighted by molar-refractivity contribution is 7.99. The predicted octanol–water partition coefficient (Wildman–Crippen LogP) is 3.65. The fourth-order valence-corrected chi connectivity index (χ4v) is 4.91. The van der Waals surface area contributed by atoms with Gasteiger partial charge < -0.3 is 20.4 Å². The number of likely N-dealkylation sites (N-methyl/N-ethyl adjacent to an activating group) is 1. The molecule has 0 radical (unpaired) electrons. The summed E-state index contributed by atoms with van der Waals surface area (Å²) < 4.78 is 0. The summed E-state index contributed by atoms with van der Waals surface area (Å²) in [6.07, 6.45) is 3.69. The zero-order chi connectivity index (χ0) is 25.1. The van der Waals surface area contributed by atoms with Crippen molar-refractivity contribution < 1.29 is 4.79 Å². The summed E-state index contributed by atoms with van der Waals surface area (Å²) in [7, 11) is 2.13. The van der Waals surface area contributed by atoms with Gasteiger partial charge in [-0.3, -0.25) is 9.89 Å². The molecule has 190 valence electrons. The third-order valence-electron chi connectivity index (χ3n) is 6.52. The minimum atomic E-state index is -0.0779. The molecule has 2 aromatic heterocycles. The molecule has 1 aliphatic carbocycles. The molecular weight excluding hydrogens is 474 g/mol. The number of hydrogen-bond acceptors (Lipinski definition) is 9. The highest BCUT2D eigenvalue weighted by Gasteiger charge is 2.23. The van der Waals surface area contributed by atoms with E-state index in [-0.39, 0.29) is 11.9 Å². The molecule has 11 heteroatoms. The second kappa shape index (κ2) is 10.8. The largest absolute Gasteiger partial charge is 0.350 e. The van der Waals surface area contributed by atoms with Gasteiger partial charge in [0.2, 0.25) is 11.9 Å². The van der Waals surface area contributed by atoms with Crippen molar-refractivity contribution in [3.63, 3.8) is 0 Å². The first kappa shape index (κ1) is 24.5. The lowest BCUT2D eigenvalue weighted by atomic mass is 9.83. The average molecular weight is 508 g/mol. The molecule has 0 bridgehead atoms. The highest BCUT2D eigenvalue weighted by atomic mass is 32.2. The molecular formula is C25H33N9OS. The monoisotopic (exact) mass is 507 g/mol. The Kier molecular flexibility index (Phi) is 7.38. The summed E-state index contributed by atoms with van der Waals surface area (Å²) in [5.74, 6) is 2.34. The van der Waals surface area contributed by atoms with E-state index in [1.54, 1.807) is 0 Å². The van der Waals surface area contributed by atoms with Gasteiger partial charge in [0.15, 0.2) is 11.0 Å². The summed E-state index contributed by atoms with van der Waals surface area (Å²) in [6.45, 7) is 7.53. The van der Waals surface area contributed by atoms with Crippen LogP contribution in [0.4, 0.5) is 17.7 Å². The lowest BCUT2D eigenvalue weighted by Crippen LogP contribution is -2.45. The number of hydrogen-bond donors (Lipinski definition) is 3. The number of amides is 1. The average Bonchev–Trinajstić information content (AvgIpc) is 3.25. The molecule has 0 unspecified atom stereocenters. The molecule has 0 atom stereocenters. The van der Waals surface area contributed by atoms with Crippen molar-refractivity contribution in [2.45, 2.75) is 55.1 Å². The number of aromatic amines is 1. The maximum absolute atomic E-state index is 12.3. The third-order valence-corrected chi connectivity index (χ3v) is 7.39. The van der Waals surface area contributed by atoms with Crippen molar-refractivity contribution in [2.75, 3.05) is 43.4 Å². The number of carbonyl (C=O) groups is 1. The lowest BCUT2D eigenvalue weighted by molar-refractivity contribution is 0.0943. The molecule has 1 aliphatic heterocycles. The van der Waals surface area contributed by atoms with E-state index in [1.165, 1.54) is 31.0 Å². The molecule has 36 heavy (non-hydrogen) atoms. The van der Waals surface area contributed by atoms with Gasteiger partial charge in [-0.2, -0.15) is 20.1 Å². The SMILES string of the molecule is CC(C)NC(=O)c1ccc(Sc2nc(Nc3cc(C4CCC4)[nH]n3)nc(N3CCN(C)CC3)n2)cc1. The molecule has 3 aromatic rings. The van der Waals surface area contributed by atoms with E-state index < -0.39 is 0 Å². The van der Waals surface area contributed by atoms with Gasteiger partial charge >= 0.3 is 0 Å². The minimum Gasteiger partial charge on any atom is -0.350 e. The third kappa shape index (κ3) is 5.96. The van der Waals surface area contributed by atoms with Gasteiger partial charge in [0, 0.05) is 60.4 Å². The molecule has 5 rings (SSSR count). The van der Waals surface area contributed by atoms with Crippen LogP contribution in [0.5, 0.6) is 0 Å². The number of H-pyrrole nitrogens is 1. The second-order valence-corrected chi connectivity index (χ2v) is 10.8. The Morgan fingerprint density at radius 1 is 1.08 bits per heavy atom. The predicted molar refractivity (Wildman–Crippen MR) is 141 cm³/mol. The Balaban J connectivity index is 1.36. The molecule has 0 spiro atoms. The van der Waals surface area contributed by atoms with E-state index in [2.05, 4.69) is 48.7 Å². The van der Waals surface area contributed by atoms with E-state index >= 15 is 0 Å². The first-order valence-corrected chi connectivity index (χ1v) is 13.4. The van der Waals surface area contributed by atoms with E-state index in [0.29, 0.717) is 34.4 Å². The number of nitrogens with one attached hydrogen (secondary N) is 3. The lowest BCUT2D eigenvalue weighted by Gasteiger charge is -2.32. The van der Waals surface area contributed by atoms with Gasteiger partial charge in [0.25, 0.3) is 5.91 Å². The van der Waals surface area contributed by atoms with Crippen molar-refractivity contribution in [2.24, 2.45) is 0 Å². The summed E-state index contributed by atoms with van der Waals surface area (Å²) in [6, 6.07) is 9.64. The molecule has 2 aliphatic rings. The zero-order valence-electron chi connectivity index (χ0n) is 21.0. The first-order valence-electron chi connectivity index (χ1n) is 12.5. The van der Waals surface area contributed by atoms with E-state index in [0.717, 1.165) is 36.8 Å². The molecule has 2 fully saturated rings. The first-order chi connectivity index (χ1) is 17.4. The molecule has 1 aromatic carbocycles. The van der Waals surface area contributed by atoms with Crippen LogP contribution in [-0.2, 0) is 0 Å². The minimum absolute atomic E-state index is 0.0779. The van der Waals surface area contributed by atoms with Gasteiger partial charge in [0.05, 0.1) is 0 Å². The second-order valence-electron chi connectivity index (χ2n) is 9.75. The smallest absolute Gasteiger partial charge is 0.251 e. The number of carbonyl (C=O) groups excluding carboxylic acids is 1. The molecule has 10 nitrogen and oxygen atoms in total. The Hall–Kier alpha value is -3.18. The van der Waals surface area contributed by atoms with Crippen molar-refractivity contribution in [3.05, 3.63) is 41.6 Å². The van der Waals surface area contributed by atoms with Crippen molar-refractivity contribution in [1.82, 2.24) is 35.4 Å². The van der Waals surface area contributed by atoms with Crippen LogP contribution >= 0.6 is 11.8 Å². The highest BCUT2D eigenvalue weighted by Crippen LogP contribution is 2.36. The fourth-order valence-electron chi connectivity index (χ4n) is 4.16. The number of piperazine rings is 1. The molecule has 1 amide bonds. The Bertz CT molecular complexity index is 1180. The van der Waals surface area contributed by atoms with Gasteiger partial charge in [-0.15, -0.1) is 0 Å². The Morgan fingerprint density at radius 2 is 1.83 bits per heavy atom. The Morgan fingerprint density at radius 3 is 2.50 bits per heavy atom. The number of aromatic nitrogens is 5. The van der Waals surface area contributed by atoms with E-state index in [9.17, 15) is 4.79 Å². The number of nitrogens with zero attached hydrogens (tertiary/aromatic N) is 6. The zero-order valence-corrected chi connectivity index (χ0v) is 21.8. The summed E-state index contributed by atoms with van der Waals surface area (Å²) in [5, 5.41) is 14.4. The van der Waals surface area contributed by atoms with E-state index in [4.69, 9.17) is 9.97 Å². The van der Waals surface area contributed by atoms with Crippen molar-refractivity contribution in [3.8, 4) is 0 Å². The van der Waals surface area contributed by atoms with Crippen LogP contribution in [0, 0.1) is 0 Å². The van der Waals surface area contributed by atoms with Crippen LogP contribution in [0.1, 0.15) is 55.1 Å². The molecule has 3 N–H and O–H groups in total. The maximum atomic E-state index is 12.3. The molecule has 1 saturated carbocycles. The van der Waals surface area contributed by atoms with Crippen LogP contribution in [-0.4, -0.2) is 75.2 Å². The van der Waals surface area contributed by atoms with Gasteiger partial charge in [-0.1, -0.05) is 6.42 Å². The Labute approximate surface area is 215 Å².